The Morgan fingerprint density at radius 1 is 1.07 bits per heavy atom. The molecule has 5 nitrogen and oxygen atoms in total. The number of hydrogen-bond donors (Lipinski definition) is 1. The molecule has 0 aliphatic carbocycles. The summed E-state index contributed by atoms with van der Waals surface area (Å²) in [5.41, 5.74) is 0.413. The Bertz CT molecular complexity index is 999. The average Bonchev–Trinajstić information content (AvgIpc) is 3.23. The molecule has 0 aliphatic rings. The Morgan fingerprint density at radius 3 is 2.52 bits per heavy atom. The van der Waals surface area contributed by atoms with Gasteiger partial charge in [-0.05, 0) is 41.8 Å². The number of benzene rings is 2. The highest BCUT2D eigenvalue weighted by Gasteiger charge is 2.30. The van der Waals surface area contributed by atoms with E-state index in [1.807, 2.05) is 5.38 Å². The van der Waals surface area contributed by atoms with Gasteiger partial charge >= 0.3 is 0 Å². The molecule has 0 spiro atoms. The van der Waals surface area contributed by atoms with E-state index in [1.54, 1.807) is 66.7 Å². The number of thiophene rings is 1. The third-order valence-electron chi connectivity index (χ3n) is 4.09. The topological polar surface area (TPSA) is 72.5 Å². The Balaban J connectivity index is 1.84. The SMILES string of the molecule is COc1cccc(C(=O)NCC(c2cccs2)S(=O)(=O)c2ccccc2)c1. The zero-order chi connectivity index (χ0) is 19.3. The summed E-state index contributed by atoms with van der Waals surface area (Å²) in [6.07, 6.45) is 0. The number of nitrogens with one attached hydrogen (secondary N) is 1. The molecule has 1 aromatic heterocycles. The van der Waals surface area contributed by atoms with Crippen molar-refractivity contribution >= 4 is 27.1 Å². The van der Waals surface area contributed by atoms with Crippen LogP contribution in [0.25, 0.3) is 0 Å². The van der Waals surface area contributed by atoms with Gasteiger partial charge in [-0.15, -0.1) is 11.3 Å². The van der Waals surface area contributed by atoms with Crippen LogP contribution in [0.4, 0.5) is 0 Å². The molecule has 140 valence electrons. The predicted molar refractivity (Wildman–Crippen MR) is 106 cm³/mol. The fourth-order valence-corrected chi connectivity index (χ4v) is 5.47. The lowest BCUT2D eigenvalue weighted by Gasteiger charge is -2.17. The number of sulfone groups is 1. The molecular formula is C20H19NO4S2. The zero-order valence-electron chi connectivity index (χ0n) is 14.7. The number of hydrogen-bond acceptors (Lipinski definition) is 5. The number of methoxy groups -OCH3 is 1. The number of amides is 1. The van der Waals surface area contributed by atoms with Crippen LogP contribution in [-0.2, 0) is 9.84 Å². The summed E-state index contributed by atoms with van der Waals surface area (Å²) in [7, 11) is -2.12. The van der Waals surface area contributed by atoms with Crippen molar-refractivity contribution in [1.29, 1.82) is 0 Å². The summed E-state index contributed by atoms with van der Waals surface area (Å²) in [5.74, 6) is 0.216. The van der Waals surface area contributed by atoms with Gasteiger partial charge in [0, 0.05) is 17.0 Å². The van der Waals surface area contributed by atoms with Gasteiger partial charge in [0.2, 0.25) is 0 Å². The molecule has 1 unspecified atom stereocenters. The van der Waals surface area contributed by atoms with Crippen LogP contribution in [0.3, 0.4) is 0 Å². The highest BCUT2D eigenvalue weighted by atomic mass is 32.2. The molecule has 0 fully saturated rings. The summed E-state index contributed by atoms with van der Waals surface area (Å²) in [5, 5.41) is 3.72. The number of carbonyl (C=O) groups excluding carboxylic acids is 1. The summed E-state index contributed by atoms with van der Waals surface area (Å²) in [4.78, 5) is 13.4. The molecular weight excluding hydrogens is 382 g/mol. The van der Waals surface area contributed by atoms with Gasteiger partial charge in [-0.1, -0.05) is 30.3 Å². The van der Waals surface area contributed by atoms with Crippen LogP contribution in [0.5, 0.6) is 5.75 Å². The minimum Gasteiger partial charge on any atom is -0.497 e. The van der Waals surface area contributed by atoms with E-state index in [-0.39, 0.29) is 17.3 Å². The highest BCUT2D eigenvalue weighted by molar-refractivity contribution is 7.91. The third-order valence-corrected chi connectivity index (χ3v) is 7.32. The van der Waals surface area contributed by atoms with Crippen molar-refractivity contribution in [2.75, 3.05) is 13.7 Å². The average molecular weight is 402 g/mol. The molecule has 1 amide bonds. The summed E-state index contributed by atoms with van der Waals surface area (Å²) >= 11 is 1.36. The lowest BCUT2D eigenvalue weighted by Crippen LogP contribution is -2.31. The summed E-state index contributed by atoms with van der Waals surface area (Å²) in [6.45, 7) is -0.0201. The molecule has 1 atom stereocenters. The van der Waals surface area contributed by atoms with Crippen LogP contribution in [0.2, 0.25) is 0 Å². The van der Waals surface area contributed by atoms with Crippen LogP contribution < -0.4 is 10.1 Å². The Hall–Kier alpha value is -2.64. The van der Waals surface area contributed by atoms with E-state index in [0.29, 0.717) is 16.2 Å². The fourth-order valence-electron chi connectivity index (χ4n) is 2.66. The van der Waals surface area contributed by atoms with Gasteiger partial charge in [-0.2, -0.15) is 0 Å². The van der Waals surface area contributed by atoms with Gasteiger partial charge in [-0.25, -0.2) is 8.42 Å². The number of ether oxygens (including phenoxy) is 1. The van der Waals surface area contributed by atoms with Crippen LogP contribution >= 0.6 is 11.3 Å². The maximum Gasteiger partial charge on any atom is 0.251 e. The minimum atomic E-state index is -3.64. The van der Waals surface area contributed by atoms with Crippen LogP contribution in [0.1, 0.15) is 20.5 Å². The summed E-state index contributed by atoms with van der Waals surface area (Å²) in [6, 6.07) is 18.6. The number of rotatable bonds is 7. The lowest BCUT2D eigenvalue weighted by molar-refractivity contribution is 0.0953. The normalized spacial score (nSPS) is 12.3. The van der Waals surface area contributed by atoms with Crippen LogP contribution in [0.15, 0.2) is 77.0 Å². The first kappa shape index (κ1) is 19.1. The molecule has 27 heavy (non-hydrogen) atoms. The van der Waals surface area contributed by atoms with Crippen molar-refractivity contribution in [3.05, 3.63) is 82.6 Å². The summed E-state index contributed by atoms with van der Waals surface area (Å²) < 4.78 is 31.4. The van der Waals surface area contributed by atoms with Gasteiger partial charge in [-0.3, -0.25) is 4.79 Å². The Labute approximate surface area is 162 Å². The van der Waals surface area contributed by atoms with E-state index in [1.165, 1.54) is 18.4 Å². The molecule has 0 aliphatic heterocycles. The van der Waals surface area contributed by atoms with Crippen molar-refractivity contribution in [3.8, 4) is 5.75 Å². The molecule has 0 saturated carbocycles. The lowest BCUT2D eigenvalue weighted by atomic mass is 10.2. The first-order valence-electron chi connectivity index (χ1n) is 8.27. The van der Waals surface area contributed by atoms with Crippen molar-refractivity contribution < 1.29 is 17.9 Å². The van der Waals surface area contributed by atoms with E-state index in [0.717, 1.165) is 0 Å². The molecule has 0 radical (unpaired) electrons. The van der Waals surface area contributed by atoms with Crippen molar-refractivity contribution in [2.24, 2.45) is 0 Å². The Kier molecular flexibility index (Phi) is 5.93. The van der Waals surface area contributed by atoms with Crippen LogP contribution in [0, 0.1) is 0 Å². The molecule has 0 bridgehead atoms. The Morgan fingerprint density at radius 2 is 1.85 bits per heavy atom. The van der Waals surface area contributed by atoms with Gasteiger partial charge in [0.25, 0.3) is 5.91 Å². The van der Waals surface area contributed by atoms with Gasteiger partial charge in [0.05, 0.1) is 12.0 Å². The maximum atomic E-state index is 13.1. The van der Waals surface area contributed by atoms with Crippen LogP contribution in [-0.4, -0.2) is 28.0 Å². The minimum absolute atomic E-state index is 0.0201. The predicted octanol–water partition coefficient (Wildman–Crippen LogP) is 3.70. The molecule has 3 rings (SSSR count). The van der Waals surface area contributed by atoms with E-state index < -0.39 is 15.1 Å². The standard InChI is InChI=1S/C20H19NO4S2/c1-25-16-8-5-7-15(13-16)20(22)21-14-19(18-11-6-12-26-18)27(23,24)17-9-3-2-4-10-17/h2-13,19H,14H2,1H3,(H,21,22). The molecule has 1 heterocycles. The largest absolute Gasteiger partial charge is 0.497 e. The highest BCUT2D eigenvalue weighted by Crippen LogP contribution is 2.31. The first-order chi connectivity index (χ1) is 13.0. The number of carbonyl (C=O) groups is 1. The van der Waals surface area contributed by atoms with E-state index in [2.05, 4.69) is 5.32 Å². The van der Waals surface area contributed by atoms with Gasteiger partial charge < -0.3 is 10.1 Å². The smallest absolute Gasteiger partial charge is 0.251 e. The maximum absolute atomic E-state index is 13.1. The van der Waals surface area contributed by atoms with E-state index in [4.69, 9.17) is 4.74 Å². The van der Waals surface area contributed by atoms with Crippen molar-refractivity contribution in [2.45, 2.75) is 10.1 Å². The molecule has 2 aromatic carbocycles. The molecule has 3 aromatic rings. The first-order valence-corrected chi connectivity index (χ1v) is 10.7. The second-order valence-electron chi connectivity index (χ2n) is 5.80. The molecule has 0 saturated heterocycles. The zero-order valence-corrected chi connectivity index (χ0v) is 16.3. The molecule has 7 heteroatoms. The van der Waals surface area contributed by atoms with E-state index in [9.17, 15) is 13.2 Å². The van der Waals surface area contributed by atoms with Crippen molar-refractivity contribution in [1.82, 2.24) is 5.32 Å². The monoisotopic (exact) mass is 401 g/mol. The van der Waals surface area contributed by atoms with Gasteiger partial charge in [0.1, 0.15) is 11.0 Å². The quantitative estimate of drug-likeness (QED) is 0.655. The van der Waals surface area contributed by atoms with Gasteiger partial charge in [0.15, 0.2) is 9.84 Å². The second kappa shape index (κ2) is 8.37. The second-order valence-corrected chi connectivity index (χ2v) is 8.91. The fraction of sp³-hybridized carbons (Fsp3) is 0.150. The third kappa shape index (κ3) is 4.37. The van der Waals surface area contributed by atoms with E-state index >= 15 is 0 Å². The van der Waals surface area contributed by atoms with Crippen molar-refractivity contribution in [3.63, 3.8) is 0 Å². The molecule has 1 N–H and O–H groups in total.